The van der Waals surface area contributed by atoms with Crippen molar-refractivity contribution in [3.05, 3.63) is 41.2 Å². The third kappa shape index (κ3) is 6.73. The molecule has 2 atom stereocenters. The van der Waals surface area contributed by atoms with E-state index >= 15 is 0 Å². The largest absolute Gasteiger partial charge is 0.489 e. The van der Waals surface area contributed by atoms with Crippen LogP contribution in [0.1, 0.15) is 38.7 Å². The third-order valence-electron chi connectivity index (χ3n) is 5.19. The maximum Gasteiger partial charge on any atom is 0.238 e. The first-order chi connectivity index (χ1) is 15.7. The van der Waals surface area contributed by atoms with Gasteiger partial charge >= 0.3 is 0 Å². The summed E-state index contributed by atoms with van der Waals surface area (Å²) < 4.78 is 11.7. The van der Waals surface area contributed by atoms with Crippen LogP contribution < -0.4 is 19.7 Å². The molecule has 0 radical (unpaired) electrons. The van der Waals surface area contributed by atoms with Gasteiger partial charge in [0.05, 0.1) is 24.6 Å². The SMILES string of the molecule is C#CCNC(=O)C(C)c1ccc(OC2CCN(c3ncnc(OCC(C)(C)O)c3Cl)C2)cc1. The molecule has 1 aliphatic rings. The minimum Gasteiger partial charge on any atom is -0.489 e. The van der Waals surface area contributed by atoms with Crippen molar-refractivity contribution < 1.29 is 19.4 Å². The van der Waals surface area contributed by atoms with Crippen molar-refractivity contribution in [2.24, 2.45) is 0 Å². The van der Waals surface area contributed by atoms with E-state index in [1.165, 1.54) is 6.33 Å². The Balaban J connectivity index is 1.59. The lowest BCUT2D eigenvalue weighted by Gasteiger charge is -2.21. The van der Waals surface area contributed by atoms with E-state index in [4.69, 9.17) is 27.5 Å². The van der Waals surface area contributed by atoms with Crippen LogP contribution in [0.25, 0.3) is 0 Å². The highest BCUT2D eigenvalue weighted by molar-refractivity contribution is 6.34. The molecule has 2 heterocycles. The summed E-state index contributed by atoms with van der Waals surface area (Å²) in [5.41, 5.74) is -0.115. The molecule has 9 heteroatoms. The maximum atomic E-state index is 12.1. The molecule has 2 N–H and O–H groups in total. The lowest BCUT2D eigenvalue weighted by Crippen LogP contribution is -2.29. The number of benzene rings is 1. The topological polar surface area (TPSA) is 96.8 Å². The van der Waals surface area contributed by atoms with Crippen LogP contribution >= 0.6 is 11.6 Å². The summed E-state index contributed by atoms with van der Waals surface area (Å²) in [6.07, 6.45) is 7.34. The molecule has 1 fully saturated rings. The minimum atomic E-state index is -1.00. The molecule has 8 nitrogen and oxygen atoms in total. The molecule has 0 spiro atoms. The number of anilines is 1. The van der Waals surface area contributed by atoms with Crippen LogP contribution in [0, 0.1) is 12.3 Å². The van der Waals surface area contributed by atoms with Crippen molar-refractivity contribution >= 4 is 23.3 Å². The second-order valence-corrected chi connectivity index (χ2v) is 8.98. The van der Waals surface area contributed by atoms with Gasteiger partial charge < -0.3 is 24.8 Å². The van der Waals surface area contributed by atoms with Crippen LogP contribution in [-0.4, -0.2) is 58.9 Å². The van der Waals surface area contributed by atoms with Crippen LogP contribution in [0.5, 0.6) is 11.6 Å². The van der Waals surface area contributed by atoms with Gasteiger partial charge in [0.15, 0.2) is 5.82 Å². The van der Waals surface area contributed by atoms with Gasteiger partial charge in [-0.1, -0.05) is 29.7 Å². The Bertz CT molecular complexity index is 1000. The molecular formula is C24H29ClN4O4. The van der Waals surface area contributed by atoms with Gasteiger partial charge in [-0.2, -0.15) is 0 Å². The highest BCUT2D eigenvalue weighted by Crippen LogP contribution is 2.33. The Kier molecular flexibility index (Phi) is 8.01. The zero-order valence-electron chi connectivity index (χ0n) is 19.0. The summed E-state index contributed by atoms with van der Waals surface area (Å²) in [4.78, 5) is 22.5. The fourth-order valence-corrected chi connectivity index (χ4v) is 3.67. The first-order valence-corrected chi connectivity index (χ1v) is 11.1. The molecule has 1 amide bonds. The van der Waals surface area contributed by atoms with Crippen molar-refractivity contribution in [3.8, 4) is 24.0 Å². The number of amides is 1. The quantitative estimate of drug-likeness (QED) is 0.541. The lowest BCUT2D eigenvalue weighted by atomic mass is 10.0. The van der Waals surface area contributed by atoms with Crippen LogP contribution in [0.15, 0.2) is 30.6 Å². The molecule has 3 rings (SSSR count). The standard InChI is InChI=1S/C24H29ClN4O4/c1-5-11-26-22(30)16(2)17-6-8-18(9-7-17)33-19-10-12-29(13-19)21-20(25)23(28-15-27-21)32-14-24(3,4)31/h1,6-9,15-16,19,31H,10-14H2,2-4H3,(H,26,30). The summed E-state index contributed by atoms with van der Waals surface area (Å²) in [6.45, 7) is 6.73. The number of rotatable bonds is 9. The minimum absolute atomic E-state index is 0.0426. The smallest absolute Gasteiger partial charge is 0.238 e. The molecule has 1 aromatic carbocycles. The monoisotopic (exact) mass is 472 g/mol. The van der Waals surface area contributed by atoms with Gasteiger partial charge in [-0.15, -0.1) is 6.42 Å². The van der Waals surface area contributed by atoms with Crippen LogP contribution in [-0.2, 0) is 4.79 Å². The zero-order chi connectivity index (χ0) is 24.0. The number of halogens is 1. The number of terminal acetylenes is 1. The normalized spacial score (nSPS) is 16.7. The number of carbonyl (C=O) groups excluding carboxylic acids is 1. The second kappa shape index (κ2) is 10.7. The van der Waals surface area contributed by atoms with Gasteiger partial charge in [-0.3, -0.25) is 4.79 Å². The summed E-state index contributed by atoms with van der Waals surface area (Å²) >= 11 is 6.47. The van der Waals surface area contributed by atoms with E-state index in [-0.39, 0.29) is 37.0 Å². The number of ether oxygens (including phenoxy) is 2. The number of nitrogens with zero attached hydrogens (tertiary/aromatic N) is 3. The van der Waals surface area contributed by atoms with Crippen molar-refractivity contribution in [2.45, 2.75) is 44.8 Å². The van der Waals surface area contributed by atoms with Crippen LogP contribution in [0.2, 0.25) is 5.02 Å². The first-order valence-electron chi connectivity index (χ1n) is 10.8. The first kappa shape index (κ1) is 24.6. The molecule has 33 heavy (non-hydrogen) atoms. The van der Waals surface area contributed by atoms with E-state index in [9.17, 15) is 9.90 Å². The second-order valence-electron chi connectivity index (χ2n) is 8.60. The van der Waals surface area contributed by atoms with Gasteiger partial charge in [-0.05, 0) is 38.5 Å². The Hall–Kier alpha value is -3.02. The molecule has 1 saturated heterocycles. The van der Waals surface area contributed by atoms with Crippen molar-refractivity contribution in [3.63, 3.8) is 0 Å². The molecule has 0 bridgehead atoms. The summed E-state index contributed by atoms with van der Waals surface area (Å²) in [5, 5.41) is 12.9. The number of carbonyl (C=O) groups is 1. The van der Waals surface area contributed by atoms with E-state index in [0.29, 0.717) is 17.4 Å². The van der Waals surface area contributed by atoms with E-state index in [1.54, 1.807) is 13.8 Å². The molecule has 176 valence electrons. The van der Waals surface area contributed by atoms with E-state index in [2.05, 4.69) is 21.2 Å². The Labute approximate surface area is 199 Å². The number of hydrogen-bond donors (Lipinski definition) is 2. The van der Waals surface area contributed by atoms with Crippen LogP contribution in [0.3, 0.4) is 0 Å². The number of aromatic nitrogens is 2. The maximum absolute atomic E-state index is 12.1. The molecule has 0 saturated carbocycles. The molecule has 0 aliphatic carbocycles. The molecule has 1 aromatic heterocycles. The predicted octanol–water partition coefficient (Wildman–Crippen LogP) is 2.79. The van der Waals surface area contributed by atoms with Crippen molar-refractivity contribution in [1.82, 2.24) is 15.3 Å². The Morgan fingerprint density at radius 3 is 2.79 bits per heavy atom. The summed E-state index contributed by atoms with van der Waals surface area (Å²) in [5.74, 6) is 3.53. The Morgan fingerprint density at radius 1 is 1.39 bits per heavy atom. The van der Waals surface area contributed by atoms with Gasteiger partial charge in [0, 0.05) is 13.0 Å². The van der Waals surface area contributed by atoms with Gasteiger partial charge in [0.1, 0.15) is 29.8 Å². The molecule has 2 aromatic rings. The van der Waals surface area contributed by atoms with Gasteiger partial charge in [0.25, 0.3) is 0 Å². The van der Waals surface area contributed by atoms with E-state index < -0.39 is 5.60 Å². The highest BCUT2D eigenvalue weighted by atomic mass is 35.5. The fraction of sp³-hybridized carbons (Fsp3) is 0.458. The molecular weight excluding hydrogens is 444 g/mol. The van der Waals surface area contributed by atoms with Gasteiger partial charge in [0.2, 0.25) is 11.8 Å². The number of hydrogen-bond acceptors (Lipinski definition) is 7. The Morgan fingerprint density at radius 2 is 2.12 bits per heavy atom. The zero-order valence-corrected chi connectivity index (χ0v) is 19.8. The summed E-state index contributed by atoms with van der Waals surface area (Å²) in [7, 11) is 0. The molecule has 2 unspecified atom stereocenters. The molecule has 1 aliphatic heterocycles. The van der Waals surface area contributed by atoms with Gasteiger partial charge in [-0.25, -0.2) is 9.97 Å². The highest BCUT2D eigenvalue weighted by Gasteiger charge is 2.28. The number of nitrogens with one attached hydrogen (secondary N) is 1. The third-order valence-corrected chi connectivity index (χ3v) is 5.52. The van der Waals surface area contributed by atoms with Crippen molar-refractivity contribution in [1.29, 1.82) is 0 Å². The van der Waals surface area contributed by atoms with E-state index in [1.807, 2.05) is 36.1 Å². The lowest BCUT2D eigenvalue weighted by molar-refractivity contribution is -0.121. The average Bonchev–Trinajstić information content (AvgIpc) is 3.24. The summed E-state index contributed by atoms with van der Waals surface area (Å²) in [6, 6.07) is 7.50. The fourth-order valence-electron chi connectivity index (χ4n) is 3.40. The van der Waals surface area contributed by atoms with Crippen molar-refractivity contribution in [2.75, 3.05) is 31.1 Å². The number of aliphatic hydroxyl groups is 1. The average molecular weight is 473 g/mol. The van der Waals surface area contributed by atoms with E-state index in [0.717, 1.165) is 24.3 Å². The van der Waals surface area contributed by atoms with Crippen LogP contribution in [0.4, 0.5) is 5.82 Å². The predicted molar refractivity (Wildman–Crippen MR) is 127 cm³/mol.